The Kier molecular flexibility index (Phi) is 6.59. The third-order valence-electron chi connectivity index (χ3n) is 6.53. The molecule has 0 radical (unpaired) electrons. The van der Waals surface area contributed by atoms with E-state index >= 15 is 0 Å². The van der Waals surface area contributed by atoms with Crippen LogP contribution in [0.4, 0.5) is 5.82 Å². The SMILES string of the molecule is Cn1cc(-c2cnc(N)c(C(=O)NC3CCCC3OCc3ccccc3-c3ccccc3)c2)cn1. The van der Waals surface area contributed by atoms with Crippen molar-refractivity contribution in [2.75, 3.05) is 5.73 Å². The molecule has 0 saturated heterocycles. The predicted molar refractivity (Wildman–Crippen MR) is 136 cm³/mol. The van der Waals surface area contributed by atoms with Crippen molar-refractivity contribution in [2.24, 2.45) is 7.05 Å². The molecule has 178 valence electrons. The van der Waals surface area contributed by atoms with Gasteiger partial charge in [0.15, 0.2) is 0 Å². The second-order valence-corrected chi connectivity index (χ2v) is 8.94. The highest BCUT2D eigenvalue weighted by Gasteiger charge is 2.30. The Morgan fingerprint density at radius 3 is 2.66 bits per heavy atom. The minimum atomic E-state index is -0.231. The summed E-state index contributed by atoms with van der Waals surface area (Å²) in [6, 6.07) is 20.3. The molecule has 2 atom stereocenters. The van der Waals surface area contributed by atoms with Crippen molar-refractivity contribution in [1.82, 2.24) is 20.1 Å². The van der Waals surface area contributed by atoms with Gasteiger partial charge < -0.3 is 15.8 Å². The minimum absolute atomic E-state index is 0.0570. The lowest BCUT2D eigenvalue weighted by Gasteiger charge is -2.22. The van der Waals surface area contributed by atoms with E-state index in [1.165, 1.54) is 5.56 Å². The molecule has 35 heavy (non-hydrogen) atoms. The van der Waals surface area contributed by atoms with Gasteiger partial charge in [0.1, 0.15) is 5.82 Å². The Bertz CT molecular complexity index is 1320. The molecule has 1 saturated carbocycles. The van der Waals surface area contributed by atoms with Crippen LogP contribution in [0.5, 0.6) is 0 Å². The molecule has 2 heterocycles. The molecule has 0 aliphatic heterocycles. The Labute approximate surface area is 205 Å². The van der Waals surface area contributed by atoms with Crippen molar-refractivity contribution >= 4 is 11.7 Å². The molecule has 4 aromatic rings. The Hall–Kier alpha value is -3.97. The zero-order chi connectivity index (χ0) is 24.2. The number of hydrogen-bond donors (Lipinski definition) is 2. The summed E-state index contributed by atoms with van der Waals surface area (Å²) < 4.78 is 8.06. The molecule has 1 aliphatic rings. The zero-order valence-corrected chi connectivity index (χ0v) is 19.7. The van der Waals surface area contributed by atoms with Crippen molar-refractivity contribution in [1.29, 1.82) is 0 Å². The van der Waals surface area contributed by atoms with Gasteiger partial charge in [-0.25, -0.2) is 4.98 Å². The molecule has 3 N–H and O–H groups in total. The fourth-order valence-corrected chi connectivity index (χ4v) is 4.66. The van der Waals surface area contributed by atoms with E-state index in [1.54, 1.807) is 23.1 Å². The molecule has 0 bridgehead atoms. The van der Waals surface area contributed by atoms with Crippen molar-refractivity contribution in [2.45, 2.75) is 38.0 Å². The third kappa shape index (κ3) is 5.10. The summed E-state index contributed by atoms with van der Waals surface area (Å²) in [5, 5.41) is 7.34. The van der Waals surface area contributed by atoms with Gasteiger partial charge in [0, 0.05) is 30.6 Å². The van der Waals surface area contributed by atoms with E-state index in [-0.39, 0.29) is 23.9 Å². The van der Waals surface area contributed by atoms with E-state index in [0.29, 0.717) is 12.2 Å². The van der Waals surface area contributed by atoms with E-state index < -0.39 is 0 Å². The monoisotopic (exact) mass is 467 g/mol. The largest absolute Gasteiger partial charge is 0.383 e. The Morgan fingerprint density at radius 2 is 1.86 bits per heavy atom. The minimum Gasteiger partial charge on any atom is -0.383 e. The van der Waals surface area contributed by atoms with Gasteiger partial charge in [-0.3, -0.25) is 9.48 Å². The maximum absolute atomic E-state index is 13.2. The van der Waals surface area contributed by atoms with E-state index in [4.69, 9.17) is 10.5 Å². The van der Waals surface area contributed by atoms with E-state index in [9.17, 15) is 4.79 Å². The lowest BCUT2D eigenvalue weighted by atomic mass is 10.0. The average Bonchev–Trinajstić information content (AvgIpc) is 3.52. The number of anilines is 1. The summed E-state index contributed by atoms with van der Waals surface area (Å²) in [5.41, 5.74) is 11.6. The number of nitrogens with one attached hydrogen (secondary N) is 1. The maximum Gasteiger partial charge on any atom is 0.255 e. The highest BCUT2D eigenvalue weighted by atomic mass is 16.5. The number of carbonyl (C=O) groups is 1. The highest BCUT2D eigenvalue weighted by molar-refractivity contribution is 5.99. The quantitative estimate of drug-likeness (QED) is 0.414. The molecule has 1 aliphatic carbocycles. The molecule has 0 spiro atoms. The van der Waals surface area contributed by atoms with Crippen LogP contribution in [0, 0.1) is 0 Å². The number of pyridine rings is 1. The molecule has 2 unspecified atom stereocenters. The summed E-state index contributed by atoms with van der Waals surface area (Å²) >= 11 is 0. The molecule has 2 aromatic heterocycles. The van der Waals surface area contributed by atoms with E-state index in [0.717, 1.165) is 41.5 Å². The standard InChI is InChI=1S/C28H29N5O2/c1-33-17-22(16-31-33)21-14-24(27(29)30-15-21)28(34)32-25-12-7-13-26(25)35-18-20-10-5-6-11-23(20)19-8-3-2-4-9-19/h2-6,8-11,14-17,25-26H,7,12-13,18H2,1H3,(H2,29,30)(H,32,34). The van der Waals surface area contributed by atoms with Crippen LogP contribution < -0.4 is 11.1 Å². The second kappa shape index (κ2) is 10.1. The lowest BCUT2D eigenvalue weighted by molar-refractivity contribution is 0.0274. The number of aryl methyl sites for hydroxylation is 1. The van der Waals surface area contributed by atoms with Crippen molar-refractivity contribution in [3.63, 3.8) is 0 Å². The molecular formula is C28H29N5O2. The van der Waals surface area contributed by atoms with Crippen LogP contribution >= 0.6 is 0 Å². The van der Waals surface area contributed by atoms with Gasteiger partial charge >= 0.3 is 0 Å². The third-order valence-corrected chi connectivity index (χ3v) is 6.53. The van der Waals surface area contributed by atoms with Crippen molar-refractivity contribution in [3.05, 3.63) is 90.4 Å². The molecule has 5 rings (SSSR count). The van der Waals surface area contributed by atoms with Crippen LogP contribution in [0.25, 0.3) is 22.3 Å². The lowest BCUT2D eigenvalue weighted by Crippen LogP contribution is -2.41. The van der Waals surface area contributed by atoms with Crippen LogP contribution in [-0.2, 0) is 18.4 Å². The van der Waals surface area contributed by atoms with Gasteiger partial charge in [0.25, 0.3) is 5.91 Å². The van der Waals surface area contributed by atoms with Gasteiger partial charge in [0.05, 0.1) is 30.5 Å². The first-order valence-electron chi connectivity index (χ1n) is 11.9. The number of hydrogen-bond acceptors (Lipinski definition) is 5. The molecule has 7 heteroatoms. The van der Waals surface area contributed by atoms with Crippen LogP contribution in [0.2, 0.25) is 0 Å². The Morgan fingerprint density at radius 1 is 1.06 bits per heavy atom. The number of ether oxygens (including phenoxy) is 1. The second-order valence-electron chi connectivity index (χ2n) is 8.94. The normalized spacial score (nSPS) is 17.4. The summed E-state index contributed by atoms with van der Waals surface area (Å²) in [6.07, 6.45) is 7.99. The maximum atomic E-state index is 13.2. The topological polar surface area (TPSA) is 95.1 Å². The fourth-order valence-electron chi connectivity index (χ4n) is 4.66. The van der Waals surface area contributed by atoms with Crippen LogP contribution in [0.3, 0.4) is 0 Å². The molecular weight excluding hydrogens is 438 g/mol. The highest BCUT2D eigenvalue weighted by Crippen LogP contribution is 2.28. The average molecular weight is 468 g/mol. The van der Waals surface area contributed by atoms with Gasteiger partial charge in [-0.15, -0.1) is 0 Å². The first-order valence-corrected chi connectivity index (χ1v) is 11.9. The Balaban J connectivity index is 1.27. The van der Waals surface area contributed by atoms with E-state index in [2.05, 4.69) is 39.7 Å². The van der Waals surface area contributed by atoms with Crippen LogP contribution in [0.1, 0.15) is 35.2 Å². The number of nitrogen functional groups attached to an aromatic ring is 1. The first kappa shape index (κ1) is 22.8. The van der Waals surface area contributed by atoms with Crippen LogP contribution in [0.15, 0.2) is 79.3 Å². The first-order chi connectivity index (χ1) is 17.1. The van der Waals surface area contributed by atoms with Crippen molar-refractivity contribution < 1.29 is 9.53 Å². The predicted octanol–water partition coefficient (Wildman–Crippen LogP) is 4.60. The zero-order valence-electron chi connectivity index (χ0n) is 19.7. The number of benzene rings is 2. The molecule has 1 fully saturated rings. The summed E-state index contributed by atoms with van der Waals surface area (Å²) in [4.78, 5) is 17.4. The van der Waals surface area contributed by atoms with Gasteiger partial charge in [0.2, 0.25) is 0 Å². The molecule has 1 amide bonds. The van der Waals surface area contributed by atoms with Gasteiger partial charge in [-0.2, -0.15) is 5.10 Å². The molecule has 7 nitrogen and oxygen atoms in total. The summed E-state index contributed by atoms with van der Waals surface area (Å²) in [5.74, 6) is -0.0201. The number of rotatable bonds is 7. The number of nitrogens with zero attached hydrogens (tertiary/aromatic N) is 3. The summed E-state index contributed by atoms with van der Waals surface area (Å²) in [6.45, 7) is 0.488. The number of nitrogens with two attached hydrogens (primary N) is 1. The smallest absolute Gasteiger partial charge is 0.255 e. The van der Waals surface area contributed by atoms with Crippen LogP contribution in [-0.4, -0.2) is 32.8 Å². The number of amides is 1. The number of aromatic nitrogens is 3. The number of carbonyl (C=O) groups excluding carboxylic acids is 1. The van der Waals surface area contributed by atoms with Gasteiger partial charge in [-0.05, 0) is 42.0 Å². The van der Waals surface area contributed by atoms with Gasteiger partial charge in [-0.1, -0.05) is 54.6 Å². The van der Waals surface area contributed by atoms with Crippen molar-refractivity contribution in [3.8, 4) is 22.3 Å². The summed E-state index contributed by atoms with van der Waals surface area (Å²) in [7, 11) is 1.85. The molecule has 2 aromatic carbocycles. The van der Waals surface area contributed by atoms with E-state index in [1.807, 2.05) is 43.6 Å². The fraction of sp³-hybridized carbons (Fsp3) is 0.250.